The fourth-order valence-electron chi connectivity index (χ4n) is 3.38. The van der Waals surface area contributed by atoms with E-state index < -0.39 is 23.8 Å². The third-order valence-electron chi connectivity index (χ3n) is 4.87. The maximum Gasteiger partial charge on any atom is 0.264 e. The molecule has 1 aliphatic rings. The van der Waals surface area contributed by atoms with Gasteiger partial charge in [-0.05, 0) is 17.5 Å². The number of rotatable bonds is 6. The van der Waals surface area contributed by atoms with Crippen molar-refractivity contribution in [2.24, 2.45) is 5.73 Å². The lowest BCUT2D eigenvalue weighted by Gasteiger charge is -2.22. The van der Waals surface area contributed by atoms with E-state index in [2.05, 4.69) is 13.8 Å². The van der Waals surface area contributed by atoms with Gasteiger partial charge in [-0.3, -0.25) is 19.3 Å². The second-order valence-electron chi connectivity index (χ2n) is 7.11. The Morgan fingerprint density at radius 3 is 2.33 bits per heavy atom. The number of carbonyl (C=O) groups excluding carboxylic acids is 3. The Morgan fingerprint density at radius 2 is 1.74 bits per heavy atom. The van der Waals surface area contributed by atoms with E-state index in [9.17, 15) is 19.5 Å². The predicted molar refractivity (Wildman–Crippen MR) is 101 cm³/mol. The SMILES string of the molecule is CC(C)c1ccc(C(=O)C[C@]2(O)C(=O)N(CC(N)=O)c3ccccc32)cc1. The number of carbonyl (C=O) groups is 3. The molecule has 0 saturated carbocycles. The Kier molecular flexibility index (Phi) is 4.85. The van der Waals surface area contributed by atoms with Crippen LogP contribution in [-0.2, 0) is 15.2 Å². The maximum atomic E-state index is 12.8. The number of para-hydroxylation sites is 1. The number of nitrogens with two attached hydrogens (primary N) is 1. The van der Waals surface area contributed by atoms with Gasteiger partial charge in [-0.2, -0.15) is 0 Å². The van der Waals surface area contributed by atoms with Crippen molar-refractivity contribution < 1.29 is 19.5 Å². The van der Waals surface area contributed by atoms with E-state index in [0.29, 0.717) is 22.7 Å². The number of amides is 2. The first kappa shape index (κ1) is 18.8. The summed E-state index contributed by atoms with van der Waals surface area (Å²) in [6.45, 7) is 3.76. The number of nitrogens with zero attached hydrogens (tertiary/aromatic N) is 1. The van der Waals surface area contributed by atoms with Crippen LogP contribution >= 0.6 is 0 Å². The Morgan fingerprint density at radius 1 is 1.11 bits per heavy atom. The average Bonchev–Trinajstić information content (AvgIpc) is 2.84. The topological polar surface area (TPSA) is 101 Å². The highest BCUT2D eigenvalue weighted by Gasteiger charge is 2.51. The predicted octanol–water partition coefficient (Wildman–Crippen LogP) is 2.10. The Balaban J connectivity index is 1.92. The molecule has 0 fully saturated rings. The molecule has 2 aromatic carbocycles. The summed E-state index contributed by atoms with van der Waals surface area (Å²) in [6.07, 6.45) is -0.404. The number of Topliss-reactive ketones (excluding diaryl/α,β-unsaturated/α-hetero) is 1. The van der Waals surface area contributed by atoms with Crippen LogP contribution in [0.25, 0.3) is 0 Å². The van der Waals surface area contributed by atoms with Crippen LogP contribution in [0.1, 0.15) is 47.7 Å². The maximum absolute atomic E-state index is 12.8. The molecule has 0 saturated heterocycles. The van der Waals surface area contributed by atoms with Gasteiger partial charge in [0.1, 0.15) is 6.54 Å². The van der Waals surface area contributed by atoms with Crippen molar-refractivity contribution in [2.75, 3.05) is 11.4 Å². The minimum Gasteiger partial charge on any atom is -0.375 e. The van der Waals surface area contributed by atoms with Gasteiger partial charge < -0.3 is 10.8 Å². The van der Waals surface area contributed by atoms with E-state index in [1.165, 1.54) is 0 Å². The van der Waals surface area contributed by atoms with Crippen molar-refractivity contribution in [2.45, 2.75) is 31.8 Å². The van der Waals surface area contributed by atoms with Crippen molar-refractivity contribution in [3.8, 4) is 0 Å². The fourth-order valence-corrected chi connectivity index (χ4v) is 3.38. The van der Waals surface area contributed by atoms with Gasteiger partial charge in [0.05, 0.1) is 12.1 Å². The average molecular weight is 366 g/mol. The number of anilines is 1. The summed E-state index contributed by atoms with van der Waals surface area (Å²) in [7, 11) is 0. The molecule has 2 amide bonds. The molecule has 27 heavy (non-hydrogen) atoms. The molecule has 6 nitrogen and oxygen atoms in total. The lowest BCUT2D eigenvalue weighted by molar-refractivity contribution is -0.136. The number of benzene rings is 2. The Labute approximate surface area is 157 Å². The number of ketones is 1. The highest BCUT2D eigenvalue weighted by atomic mass is 16.3. The van der Waals surface area contributed by atoms with Crippen LogP contribution in [0.2, 0.25) is 0 Å². The van der Waals surface area contributed by atoms with E-state index in [0.717, 1.165) is 10.5 Å². The van der Waals surface area contributed by atoms with E-state index in [1.807, 2.05) is 12.1 Å². The minimum atomic E-state index is -2.01. The lowest BCUT2D eigenvalue weighted by Crippen LogP contribution is -2.44. The van der Waals surface area contributed by atoms with Gasteiger partial charge in [-0.15, -0.1) is 0 Å². The van der Waals surface area contributed by atoms with E-state index >= 15 is 0 Å². The third-order valence-corrected chi connectivity index (χ3v) is 4.87. The van der Waals surface area contributed by atoms with Crippen LogP contribution in [0.15, 0.2) is 48.5 Å². The van der Waals surface area contributed by atoms with Gasteiger partial charge in [0.15, 0.2) is 11.4 Å². The Hall–Kier alpha value is -2.99. The first-order valence-electron chi connectivity index (χ1n) is 8.79. The fraction of sp³-hybridized carbons (Fsp3) is 0.286. The lowest BCUT2D eigenvalue weighted by atomic mass is 9.87. The largest absolute Gasteiger partial charge is 0.375 e. The summed E-state index contributed by atoms with van der Waals surface area (Å²) < 4.78 is 0. The summed E-state index contributed by atoms with van der Waals surface area (Å²) in [5.74, 6) is -1.42. The zero-order valence-electron chi connectivity index (χ0n) is 15.3. The number of aliphatic hydroxyl groups is 1. The quantitative estimate of drug-likeness (QED) is 0.765. The first-order chi connectivity index (χ1) is 12.7. The van der Waals surface area contributed by atoms with Crippen LogP contribution in [0, 0.1) is 0 Å². The van der Waals surface area contributed by atoms with Crippen LogP contribution in [0.4, 0.5) is 5.69 Å². The van der Waals surface area contributed by atoms with Crippen LogP contribution in [0.3, 0.4) is 0 Å². The smallest absolute Gasteiger partial charge is 0.264 e. The first-order valence-corrected chi connectivity index (χ1v) is 8.79. The van der Waals surface area contributed by atoms with Gasteiger partial charge in [0, 0.05) is 11.1 Å². The number of hydrogen-bond acceptors (Lipinski definition) is 4. The molecular formula is C21H22N2O4. The monoisotopic (exact) mass is 366 g/mol. The van der Waals surface area contributed by atoms with E-state index in [4.69, 9.17) is 5.73 Å². The summed E-state index contributed by atoms with van der Waals surface area (Å²) in [4.78, 5) is 38.1. The zero-order chi connectivity index (χ0) is 19.8. The molecule has 0 bridgehead atoms. The van der Waals surface area contributed by atoms with Gasteiger partial charge >= 0.3 is 0 Å². The second kappa shape index (κ2) is 6.96. The minimum absolute atomic E-state index is 0.309. The van der Waals surface area contributed by atoms with Crippen molar-refractivity contribution in [3.63, 3.8) is 0 Å². The molecule has 3 N–H and O–H groups in total. The number of primary amides is 1. The van der Waals surface area contributed by atoms with Gasteiger partial charge in [0.2, 0.25) is 5.91 Å². The molecule has 0 unspecified atom stereocenters. The van der Waals surface area contributed by atoms with Crippen molar-refractivity contribution in [3.05, 3.63) is 65.2 Å². The molecule has 3 rings (SSSR count). The van der Waals surface area contributed by atoms with Crippen LogP contribution in [-0.4, -0.2) is 29.2 Å². The van der Waals surface area contributed by atoms with Crippen molar-refractivity contribution >= 4 is 23.3 Å². The molecular weight excluding hydrogens is 344 g/mol. The number of hydrogen-bond donors (Lipinski definition) is 2. The standard InChI is InChI=1S/C21H22N2O4/c1-13(2)14-7-9-15(10-8-14)18(24)11-21(27)16-5-3-4-6-17(16)23(20(21)26)12-19(22)25/h3-10,13,27H,11-12H2,1-2H3,(H2,22,25)/t21-/m1/s1. The van der Waals surface area contributed by atoms with Crippen molar-refractivity contribution in [1.82, 2.24) is 0 Å². The molecule has 1 aliphatic heterocycles. The third kappa shape index (κ3) is 3.36. The van der Waals surface area contributed by atoms with Crippen molar-refractivity contribution in [1.29, 1.82) is 0 Å². The van der Waals surface area contributed by atoms with E-state index in [-0.39, 0.29) is 12.3 Å². The highest BCUT2D eigenvalue weighted by Crippen LogP contribution is 2.42. The summed E-state index contributed by atoms with van der Waals surface area (Å²) >= 11 is 0. The molecule has 2 aromatic rings. The Bertz CT molecular complexity index is 905. The molecule has 0 radical (unpaired) electrons. The van der Waals surface area contributed by atoms with Gasteiger partial charge in [-0.1, -0.05) is 56.3 Å². The molecule has 0 spiro atoms. The van der Waals surface area contributed by atoms with Gasteiger partial charge in [0.25, 0.3) is 5.91 Å². The molecule has 0 aliphatic carbocycles. The molecule has 1 atom stereocenters. The molecule has 140 valence electrons. The second-order valence-corrected chi connectivity index (χ2v) is 7.11. The molecule has 0 aromatic heterocycles. The number of fused-ring (bicyclic) bond motifs is 1. The highest BCUT2D eigenvalue weighted by molar-refractivity contribution is 6.12. The summed E-state index contributed by atoms with van der Waals surface area (Å²) in [6, 6.07) is 13.7. The summed E-state index contributed by atoms with van der Waals surface area (Å²) in [5.41, 5.74) is 5.44. The normalized spacial score (nSPS) is 18.7. The van der Waals surface area contributed by atoms with Gasteiger partial charge in [-0.25, -0.2) is 0 Å². The molecule has 1 heterocycles. The zero-order valence-corrected chi connectivity index (χ0v) is 15.3. The summed E-state index contributed by atoms with van der Waals surface area (Å²) in [5, 5.41) is 11.1. The van der Waals surface area contributed by atoms with Crippen LogP contribution < -0.4 is 10.6 Å². The van der Waals surface area contributed by atoms with Crippen LogP contribution in [0.5, 0.6) is 0 Å². The van der Waals surface area contributed by atoms with E-state index in [1.54, 1.807) is 36.4 Å². The molecule has 6 heteroatoms.